The summed E-state index contributed by atoms with van der Waals surface area (Å²) < 4.78 is 1.90. The van der Waals surface area contributed by atoms with Crippen LogP contribution in [0.3, 0.4) is 0 Å². The molecule has 0 spiro atoms. The molecule has 3 aliphatic rings. The number of amides is 1. The topological polar surface area (TPSA) is 32.3 Å². The molecule has 126 valence electrons. The molecule has 1 saturated carbocycles. The third kappa shape index (κ3) is 3.09. The Kier molecular flexibility index (Phi) is 4.58. The van der Waals surface area contributed by atoms with Crippen molar-refractivity contribution in [2.45, 2.75) is 24.9 Å². The van der Waals surface area contributed by atoms with E-state index in [-0.39, 0.29) is 11.4 Å². The average molecular weight is 470 g/mol. The highest BCUT2D eigenvalue weighted by Crippen LogP contribution is 2.50. The van der Waals surface area contributed by atoms with Gasteiger partial charge in [0.1, 0.15) is 0 Å². The van der Waals surface area contributed by atoms with Gasteiger partial charge in [0.25, 0.3) is 5.91 Å². The molecule has 2 bridgehead atoms. The van der Waals surface area contributed by atoms with Crippen molar-refractivity contribution in [3.8, 4) is 0 Å². The number of hydrogen-bond donors (Lipinski definition) is 1. The van der Waals surface area contributed by atoms with Crippen LogP contribution in [0.5, 0.6) is 0 Å². The molecule has 1 aromatic carbocycles. The normalized spacial score (nSPS) is 25.5. The Morgan fingerprint density at radius 2 is 2.04 bits per heavy atom. The van der Waals surface area contributed by atoms with Gasteiger partial charge in [-0.15, -0.1) is 11.3 Å². The molecule has 1 aliphatic carbocycles. The summed E-state index contributed by atoms with van der Waals surface area (Å²) in [6.45, 7) is 2.87. The maximum Gasteiger partial charge on any atom is 0.261 e. The van der Waals surface area contributed by atoms with Crippen molar-refractivity contribution < 1.29 is 4.79 Å². The van der Waals surface area contributed by atoms with Gasteiger partial charge in [0.05, 0.1) is 8.66 Å². The van der Waals surface area contributed by atoms with Crippen LogP contribution in [-0.2, 0) is 6.54 Å². The summed E-state index contributed by atoms with van der Waals surface area (Å²) in [7, 11) is 0. The van der Waals surface area contributed by atoms with Crippen LogP contribution in [0.15, 0.2) is 44.7 Å². The second-order valence-corrected chi connectivity index (χ2v) is 10.0. The van der Waals surface area contributed by atoms with Crippen molar-refractivity contribution in [2.24, 2.45) is 5.92 Å². The molecular weight excluding hydrogens is 452 g/mol. The Morgan fingerprint density at radius 3 is 2.71 bits per heavy atom. The summed E-state index contributed by atoms with van der Waals surface area (Å²) in [4.78, 5) is 15.7. The predicted octanol–water partition coefficient (Wildman–Crippen LogP) is 4.67. The number of halogens is 2. The molecule has 1 amide bonds. The summed E-state index contributed by atoms with van der Waals surface area (Å²) in [6, 6.07) is 12.5. The first-order chi connectivity index (χ1) is 11.6. The van der Waals surface area contributed by atoms with Crippen LogP contribution in [0.4, 0.5) is 0 Å². The number of nitrogens with zero attached hydrogens (tertiary/aromatic N) is 1. The molecule has 3 nitrogen and oxygen atoms in total. The van der Waals surface area contributed by atoms with Gasteiger partial charge in [0, 0.05) is 29.6 Å². The fourth-order valence-corrected chi connectivity index (χ4v) is 5.94. The molecule has 2 saturated heterocycles. The molecule has 24 heavy (non-hydrogen) atoms. The molecule has 0 atom stereocenters. The molecule has 5 rings (SSSR count). The molecular formula is C18H18Br2N2OS. The van der Waals surface area contributed by atoms with Crippen molar-refractivity contribution in [1.29, 1.82) is 0 Å². The number of rotatable bonds is 5. The van der Waals surface area contributed by atoms with Crippen LogP contribution in [0.1, 0.15) is 28.1 Å². The molecule has 0 unspecified atom stereocenters. The third-order valence-electron chi connectivity index (χ3n) is 5.15. The van der Waals surface area contributed by atoms with E-state index in [4.69, 9.17) is 0 Å². The van der Waals surface area contributed by atoms with Gasteiger partial charge in [-0.25, -0.2) is 0 Å². The van der Waals surface area contributed by atoms with E-state index in [0.717, 1.165) is 38.7 Å². The zero-order chi connectivity index (χ0) is 16.7. The van der Waals surface area contributed by atoms with E-state index >= 15 is 0 Å². The first-order valence-electron chi connectivity index (χ1n) is 8.08. The molecule has 6 heteroatoms. The van der Waals surface area contributed by atoms with Crippen molar-refractivity contribution >= 4 is 49.1 Å². The first-order valence-corrected chi connectivity index (χ1v) is 10.5. The number of nitrogens with one attached hydrogen (secondary N) is 1. The lowest BCUT2D eigenvalue weighted by Gasteiger charge is -2.42. The summed E-state index contributed by atoms with van der Waals surface area (Å²) in [5, 5.41) is 3.16. The highest BCUT2D eigenvalue weighted by atomic mass is 79.9. The van der Waals surface area contributed by atoms with Crippen LogP contribution in [0.2, 0.25) is 0 Å². The lowest BCUT2D eigenvalue weighted by Crippen LogP contribution is -2.53. The van der Waals surface area contributed by atoms with Crippen LogP contribution >= 0.6 is 43.2 Å². The van der Waals surface area contributed by atoms with Gasteiger partial charge in [0.15, 0.2) is 0 Å². The van der Waals surface area contributed by atoms with Crippen molar-refractivity contribution in [2.75, 3.05) is 13.1 Å². The van der Waals surface area contributed by atoms with Crippen LogP contribution in [0.25, 0.3) is 0 Å². The quantitative estimate of drug-likeness (QED) is 0.690. The van der Waals surface area contributed by atoms with Crippen LogP contribution in [-0.4, -0.2) is 29.4 Å². The first kappa shape index (κ1) is 16.8. The minimum absolute atomic E-state index is 0.0239. The molecule has 3 heterocycles. The number of carbonyl (C=O) groups is 1. The van der Waals surface area contributed by atoms with Gasteiger partial charge in [-0.1, -0.05) is 30.3 Å². The molecule has 2 aromatic rings. The largest absolute Gasteiger partial charge is 0.349 e. The summed E-state index contributed by atoms with van der Waals surface area (Å²) >= 11 is 8.36. The molecule has 3 fully saturated rings. The van der Waals surface area contributed by atoms with E-state index in [9.17, 15) is 4.79 Å². The van der Waals surface area contributed by atoms with Gasteiger partial charge < -0.3 is 5.32 Å². The maximum atomic E-state index is 12.4. The van der Waals surface area contributed by atoms with Crippen molar-refractivity contribution in [1.82, 2.24) is 10.2 Å². The smallest absolute Gasteiger partial charge is 0.261 e. The number of carbonyl (C=O) groups excluding carboxylic acids is 1. The van der Waals surface area contributed by atoms with E-state index < -0.39 is 0 Å². The lowest BCUT2D eigenvalue weighted by atomic mass is 9.73. The van der Waals surface area contributed by atoms with E-state index in [2.05, 4.69) is 72.4 Å². The monoisotopic (exact) mass is 468 g/mol. The number of thiophene rings is 1. The van der Waals surface area contributed by atoms with Crippen LogP contribution < -0.4 is 5.32 Å². The Labute approximate surface area is 162 Å². The van der Waals surface area contributed by atoms with E-state index in [0.29, 0.717) is 0 Å². The molecule has 1 aromatic heterocycles. The number of benzene rings is 1. The number of hydrogen-bond acceptors (Lipinski definition) is 3. The van der Waals surface area contributed by atoms with Gasteiger partial charge in [-0.05, 0) is 62.2 Å². The maximum absolute atomic E-state index is 12.4. The van der Waals surface area contributed by atoms with Crippen molar-refractivity contribution in [3.63, 3.8) is 0 Å². The van der Waals surface area contributed by atoms with Crippen LogP contribution in [0, 0.1) is 5.92 Å². The second kappa shape index (κ2) is 6.56. The highest BCUT2D eigenvalue weighted by molar-refractivity contribution is 9.13. The van der Waals surface area contributed by atoms with E-state index in [1.54, 1.807) is 0 Å². The Morgan fingerprint density at radius 1 is 1.29 bits per heavy atom. The van der Waals surface area contributed by atoms with Gasteiger partial charge in [0.2, 0.25) is 0 Å². The Balaban J connectivity index is 1.41. The zero-order valence-corrected chi connectivity index (χ0v) is 17.1. The fraction of sp³-hybridized carbons (Fsp3) is 0.389. The second-order valence-electron chi connectivity index (χ2n) is 6.78. The minimum atomic E-state index is 0.0239. The standard InChI is InChI=1S/C18H18Br2N2OS/c19-14-6-15(24-16(14)20)17(23)21-11-18-7-13(8-18)10-22(18)9-12-4-2-1-3-5-12/h1-6,13H,7-11H2,(H,21,23). The third-order valence-corrected chi connectivity index (χ3v) is 8.40. The Bertz CT molecular complexity index is 736. The van der Waals surface area contributed by atoms with E-state index in [1.165, 1.54) is 29.7 Å². The van der Waals surface area contributed by atoms with Gasteiger partial charge in [-0.3, -0.25) is 9.69 Å². The average Bonchev–Trinajstić information content (AvgIpc) is 3.17. The molecule has 1 N–H and O–H groups in total. The summed E-state index contributed by atoms with van der Waals surface area (Å²) in [5.41, 5.74) is 1.50. The SMILES string of the molecule is O=C(NCC12CC(CN1Cc1ccccc1)C2)c1cc(Br)c(Br)s1. The minimum Gasteiger partial charge on any atom is -0.349 e. The molecule has 2 aliphatic heterocycles. The van der Waals surface area contributed by atoms with E-state index in [1.807, 2.05) is 6.07 Å². The lowest BCUT2D eigenvalue weighted by molar-refractivity contribution is 0.0801. The zero-order valence-electron chi connectivity index (χ0n) is 13.1. The van der Waals surface area contributed by atoms with Crippen molar-refractivity contribution in [3.05, 3.63) is 55.1 Å². The summed E-state index contributed by atoms with van der Waals surface area (Å²) in [6.07, 6.45) is 2.41. The predicted molar refractivity (Wildman–Crippen MR) is 104 cm³/mol. The van der Waals surface area contributed by atoms with Gasteiger partial charge >= 0.3 is 0 Å². The Hall–Kier alpha value is -0.690. The number of fused-ring (bicyclic) bond motifs is 1. The van der Waals surface area contributed by atoms with Gasteiger partial charge in [-0.2, -0.15) is 0 Å². The fourth-order valence-electron chi connectivity index (χ4n) is 3.99. The summed E-state index contributed by atoms with van der Waals surface area (Å²) in [5.74, 6) is 0.825. The highest BCUT2D eigenvalue weighted by Gasteiger charge is 2.55. The molecule has 0 radical (unpaired) electrons.